The molecule has 0 saturated heterocycles. The Balaban J connectivity index is 2.25. The lowest BCUT2D eigenvalue weighted by Crippen LogP contribution is -2.62. The Kier molecular flexibility index (Phi) is 28.2. The molecule has 2 rings (SSSR count). The number of carboxylic acid groups (broad SMARTS) is 2. The lowest BCUT2D eigenvalue weighted by atomic mass is 9.95. The molecule has 0 fully saturated rings. The van der Waals surface area contributed by atoms with E-state index in [9.17, 15) is 78.3 Å². The second-order valence-corrected chi connectivity index (χ2v) is 21.0. The first-order valence-corrected chi connectivity index (χ1v) is 26.4. The van der Waals surface area contributed by atoms with Gasteiger partial charge in [-0.05, 0) is 74.5 Å². The fourth-order valence-electron chi connectivity index (χ4n) is 7.92. The van der Waals surface area contributed by atoms with Crippen LogP contribution < -0.4 is 53.6 Å². The number of aromatic nitrogens is 2. The minimum absolute atomic E-state index is 0.00959. The van der Waals surface area contributed by atoms with Gasteiger partial charge >= 0.3 is 11.9 Å². The topological polar surface area (TPSA) is 452 Å². The highest BCUT2D eigenvalue weighted by Crippen LogP contribution is 2.15. The summed E-state index contributed by atoms with van der Waals surface area (Å²) in [5, 5.41) is 70.9. The van der Waals surface area contributed by atoms with Gasteiger partial charge in [-0.2, -0.15) is 0 Å². The Morgan fingerprint density at radius 1 is 0.562 bits per heavy atom. The molecule has 0 radical (unpaired) electrons. The predicted molar refractivity (Wildman–Crippen MR) is 287 cm³/mol. The fraction of sp³-hybridized carbons (Fsp3) is 0.615. The van der Waals surface area contributed by atoms with Crippen LogP contribution in [0.1, 0.15) is 106 Å². The van der Waals surface area contributed by atoms with Gasteiger partial charge in [-0.25, -0.2) is 9.78 Å². The van der Waals surface area contributed by atoms with Gasteiger partial charge in [-0.3, -0.25) is 47.9 Å². The number of H-pyrrole nitrogens is 1. The molecule has 0 aliphatic carbocycles. The largest absolute Gasteiger partial charge is 0.508 e. The summed E-state index contributed by atoms with van der Waals surface area (Å²) >= 11 is 0. The molecule has 28 heteroatoms. The molecule has 12 atom stereocenters. The minimum Gasteiger partial charge on any atom is -0.508 e. The van der Waals surface area contributed by atoms with Crippen LogP contribution in [0.4, 0.5) is 0 Å². The summed E-state index contributed by atoms with van der Waals surface area (Å²) in [7, 11) is 0. The van der Waals surface area contributed by atoms with E-state index < -0.39 is 156 Å². The van der Waals surface area contributed by atoms with Crippen molar-refractivity contribution in [1.29, 1.82) is 0 Å². The van der Waals surface area contributed by atoms with Crippen molar-refractivity contribution in [2.45, 2.75) is 174 Å². The van der Waals surface area contributed by atoms with Crippen LogP contribution in [0, 0.1) is 23.7 Å². The van der Waals surface area contributed by atoms with E-state index in [-0.39, 0.29) is 43.3 Å². The molecule has 0 unspecified atom stereocenters. The van der Waals surface area contributed by atoms with Gasteiger partial charge in [0.25, 0.3) is 0 Å². The molecule has 0 bridgehead atoms. The van der Waals surface area contributed by atoms with Crippen LogP contribution in [0.5, 0.6) is 5.75 Å². The Morgan fingerprint density at radius 3 is 1.55 bits per heavy atom. The lowest BCUT2D eigenvalue weighted by Gasteiger charge is -2.31. The molecule has 1 aromatic heterocycles. The van der Waals surface area contributed by atoms with E-state index in [1.807, 2.05) is 0 Å². The number of aliphatic hydroxyl groups excluding tert-OH is 2. The number of benzene rings is 1. The van der Waals surface area contributed by atoms with Gasteiger partial charge in [0.15, 0.2) is 0 Å². The van der Waals surface area contributed by atoms with Crippen molar-refractivity contribution in [3.63, 3.8) is 0 Å². The number of aromatic amines is 1. The van der Waals surface area contributed by atoms with Crippen molar-refractivity contribution >= 4 is 65.1 Å². The summed E-state index contributed by atoms with van der Waals surface area (Å²) in [4.78, 5) is 153. The number of phenols is 1. The van der Waals surface area contributed by atoms with E-state index in [2.05, 4.69) is 57.8 Å². The van der Waals surface area contributed by atoms with E-state index in [1.165, 1.54) is 31.6 Å². The highest BCUT2D eigenvalue weighted by molar-refractivity contribution is 5.99. The molecular formula is C52H82N12O16. The molecule has 2 aromatic rings. The predicted octanol–water partition coefficient (Wildman–Crippen LogP) is -2.66. The van der Waals surface area contributed by atoms with Crippen molar-refractivity contribution < 1.29 is 78.3 Å². The number of nitrogens with one attached hydrogen (secondary N) is 10. The maximum Gasteiger partial charge on any atom is 0.326 e. The normalized spacial score (nSPS) is 15.8. The van der Waals surface area contributed by atoms with E-state index >= 15 is 0 Å². The third kappa shape index (κ3) is 22.9. The number of rotatable bonds is 34. The number of carbonyl (C=O) groups is 11. The maximum atomic E-state index is 14.2. The number of nitrogens with zero attached hydrogens (tertiary/aromatic N) is 1. The van der Waals surface area contributed by atoms with Crippen molar-refractivity contribution in [3.8, 4) is 5.75 Å². The van der Waals surface area contributed by atoms with Crippen LogP contribution in [0.25, 0.3) is 0 Å². The highest BCUT2D eigenvalue weighted by atomic mass is 16.4. The minimum atomic E-state index is -1.97. The highest BCUT2D eigenvalue weighted by Gasteiger charge is 2.38. The number of amides is 9. The molecule has 446 valence electrons. The van der Waals surface area contributed by atoms with Gasteiger partial charge in [-0.15, -0.1) is 0 Å². The van der Waals surface area contributed by atoms with E-state index in [0.29, 0.717) is 17.7 Å². The van der Waals surface area contributed by atoms with Crippen LogP contribution in [-0.2, 0) is 65.6 Å². The quantitative estimate of drug-likeness (QED) is 0.0340. The molecule has 0 spiro atoms. The number of carbonyl (C=O) groups excluding carboxylic acids is 9. The van der Waals surface area contributed by atoms with Crippen LogP contribution in [0.15, 0.2) is 36.8 Å². The van der Waals surface area contributed by atoms with Crippen LogP contribution in [-0.4, -0.2) is 174 Å². The second-order valence-electron chi connectivity index (χ2n) is 21.0. The fourth-order valence-corrected chi connectivity index (χ4v) is 7.92. The standard InChI is InChI=1S/C52H82N12O16/c1-11-27(8)41(63-47(74)34(16-24(2)3)58-45(72)35(19-31-21-54-23-55-31)57-44(71)33(53)18-30-12-14-32(67)15-13-30)50(77)62-40(26(6)7)49(76)56-28(9)43(70)64-42(29(10)66)51(78)59-36(20-39(68)69)46(73)61-38(22-65)48(75)60-37(52(79)80)17-25(4)5/h12-15,21,23-29,33-38,40-42,65-67H,11,16-20,22,53H2,1-10H3,(H,54,55)(H,56,76)(H,57,71)(H,58,72)(H,59,78)(H,60,75)(H,61,73)(H,62,77)(H,63,74)(H,64,70)(H,68,69)(H,79,80)/t27-,28-,29+,33-,34-,35-,36-,37-,38-,40-,41-,42-/m0/s1. The first-order valence-electron chi connectivity index (χ1n) is 26.4. The van der Waals surface area contributed by atoms with Crippen LogP contribution in [0.3, 0.4) is 0 Å². The maximum absolute atomic E-state index is 14.2. The molecule has 1 aromatic carbocycles. The number of aliphatic hydroxyl groups is 2. The Morgan fingerprint density at radius 2 is 1.04 bits per heavy atom. The smallest absolute Gasteiger partial charge is 0.326 e. The number of hydrogen-bond acceptors (Lipinski definition) is 16. The summed E-state index contributed by atoms with van der Waals surface area (Å²) in [5.41, 5.74) is 7.35. The first-order chi connectivity index (χ1) is 37.4. The van der Waals surface area contributed by atoms with Crippen LogP contribution >= 0.6 is 0 Å². The SMILES string of the molecule is CC[C@H](C)[C@H](NC(=O)[C@H](CC(C)C)NC(=O)[C@H](Cc1cnc[nH]1)NC(=O)[C@@H](N)Cc1ccc(O)cc1)C(=O)N[C@H](C(=O)N[C@@H](C)C(=O)N[C@H](C(=O)N[C@@H](CC(=O)O)C(=O)N[C@@H](CO)C(=O)N[C@@H](CC(C)C)C(=O)O)[C@@H](C)O)C(C)C. The molecule has 17 N–H and O–H groups in total. The number of phenolic OH excluding ortho intramolecular Hbond substituents is 1. The third-order valence-electron chi connectivity index (χ3n) is 12.7. The van der Waals surface area contributed by atoms with Gasteiger partial charge in [-0.1, -0.05) is 73.9 Å². The van der Waals surface area contributed by atoms with E-state index in [1.54, 1.807) is 67.5 Å². The Labute approximate surface area is 464 Å². The number of nitrogens with two attached hydrogens (primary N) is 1. The molecule has 28 nitrogen and oxygen atoms in total. The van der Waals surface area contributed by atoms with Crippen molar-refractivity contribution in [3.05, 3.63) is 48.0 Å². The average Bonchev–Trinajstić information content (AvgIpc) is 3.90. The zero-order valence-electron chi connectivity index (χ0n) is 46.8. The number of hydrogen-bond donors (Lipinski definition) is 16. The van der Waals surface area contributed by atoms with Gasteiger partial charge in [0.05, 0.1) is 31.5 Å². The average molecular weight is 1130 g/mol. The molecule has 9 amide bonds. The third-order valence-corrected chi connectivity index (χ3v) is 12.7. The summed E-state index contributed by atoms with van der Waals surface area (Å²) in [5.74, 6) is -13.2. The zero-order valence-corrected chi connectivity index (χ0v) is 46.8. The molecule has 80 heavy (non-hydrogen) atoms. The summed E-state index contributed by atoms with van der Waals surface area (Å²) in [6.07, 6.45) is 0.480. The molecular weight excluding hydrogens is 1050 g/mol. The molecule has 0 aliphatic heterocycles. The van der Waals surface area contributed by atoms with Gasteiger partial charge in [0.1, 0.15) is 60.1 Å². The van der Waals surface area contributed by atoms with Crippen LogP contribution in [0.2, 0.25) is 0 Å². The lowest BCUT2D eigenvalue weighted by molar-refractivity contribution is -0.144. The number of carboxylic acids is 2. The molecule has 0 saturated carbocycles. The summed E-state index contributed by atoms with van der Waals surface area (Å²) in [6.45, 7) is 14.8. The second kappa shape index (κ2) is 33.0. The zero-order chi connectivity index (χ0) is 60.7. The molecule has 1 heterocycles. The number of aromatic hydroxyl groups is 1. The first kappa shape index (κ1) is 68.4. The molecule has 0 aliphatic rings. The monoisotopic (exact) mass is 1130 g/mol. The Hall–Kier alpha value is -7.72. The van der Waals surface area contributed by atoms with E-state index in [0.717, 1.165) is 6.92 Å². The van der Waals surface area contributed by atoms with Gasteiger partial charge < -0.3 is 84.1 Å². The van der Waals surface area contributed by atoms with Gasteiger partial charge in [0.2, 0.25) is 53.2 Å². The van der Waals surface area contributed by atoms with E-state index in [4.69, 9.17) is 5.73 Å². The summed E-state index contributed by atoms with van der Waals surface area (Å²) in [6, 6.07) is -8.67. The van der Waals surface area contributed by atoms with Gasteiger partial charge in [0, 0.05) is 18.3 Å². The number of imidazole rings is 1. The van der Waals surface area contributed by atoms with Crippen molar-refractivity contribution in [1.82, 2.24) is 57.8 Å². The van der Waals surface area contributed by atoms with Crippen molar-refractivity contribution in [2.24, 2.45) is 29.4 Å². The Bertz CT molecular complexity index is 2420. The number of aliphatic carboxylic acids is 2. The van der Waals surface area contributed by atoms with Crippen molar-refractivity contribution in [2.75, 3.05) is 6.61 Å². The summed E-state index contributed by atoms with van der Waals surface area (Å²) < 4.78 is 0.